The SMILES string of the molecule is CC(C)(C)c1ccc(Oc2ccc3c(c2)CN(C(=O)CC2CCCC2)[C@H](C(=O)N[C@@H](Cc2ccc(Oc4ccccc4)cc2)C(=O)O)C3)cc1. The zero-order valence-corrected chi connectivity index (χ0v) is 29.1. The Morgan fingerprint density at radius 1 is 0.800 bits per heavy atom. The number of rotatable bonds is 11. The smallest absolute Gasteiger partial charge is 0.326 e. The fourth-order valence-electron chi connectivity index (χ4n) is 6.88. The molecule has 2 amide bonds. The molecule has 2 N–H and O–H groups in total. The fraction of sp³-hybridized carbons (Fsp3) is 0.357. The molecular formula is C42H46N2O6. The molecule has 260 valence electrons. The standard InChI is InChI=1S/C42H46N2O6/c1-42(2,3)32-16-21-35(22-17-32)50-36-20-15-30-26-38(44(27-31(30)25-36)39(45)24-28-9-7-8-10-28)40(46)43-37(41(47)48)23-29-13-18-34(19-14-29)49-33-11-5-4-6-12-33/h4-6,11-22,25,28,37-38H,7-10,23-24,26-27H2,1-3H3,(H,43,46)(H,47,48)/t37-,38-/m0/s1. The van der Waals surface area contributed by atoms with Gasteiger partial charge in [0.15, 0.2) is 0 Å². The Balaban J connectivity index is 1.17. The number of carboxylic acids is 1. The molecule has 1 fully saturated rings. The molecule has 4 aromatic carbocycles. The molecule has 0 aromatic heterocycles. The van der Waals surface area contributed by atoms with Crippen LogP contribution in [0.5, 0.6) is 23.0 Å². The lowest BCUT2D eigenvalue weighted by Crippen LogP contribution is -2.56. The lowest BCUT2D eigenvalue weighted by atomic mass is 9.87. The highest BCUT2D eigenvalue weighted by Gasteiger charge is 2.37. The Morgan fingerprint density at radius 3 is 2.04 bits per heavy atom. The fourth-order valence-corrected chi connectivity index (χ4v) is 6.88. The summed E-state index contributed by atoms with van der Waals surface area (Å²) >= 11 is 0. The van der Waals surface area contributed by atoms with Crippen LogP contribution in [0.3, 0.4) is 0 Å². The summed E-state index contributed by atoms with van der Waals surface area (Å²) in [4.78, 5) is 41.8. The van der Waals surface area contributed by atoms with Gasteiger partial charge in [0, 0.05) is 25.8 Å². The normalized spacial score (nSPS) is 16.7. The predicted molar refractivity (Wildman–Crippen MR) is 193 cm³/mol. The van der Waals surface area contributed by atoms with Crippen LogP contribution in [0.25, 0.3) is 0 Å². The molecule has 0 saturated heterocycles. The van der Waals surface area contributed by atoms with Gasteiger partial charge in [-0.2, -0.15) is 0 Å². The van der Waals surface area contributed by atoms with Crippen LogP contribution >= 0.6 is 0 Å². The number of amides is 2. The monoisotopic (exact) mass is 674 g/mol. The van der Waals surface area contributed by atoms with E-state index in [0.717, 1.165) is 48.1 Å². The average Bonchev–Trinajstić information content (AvgIpc) is 3.61. The molecular weight excluding hydrogens is 628 g/mol. The van der Waals surface area contributed by atoms with E-state index in [1.54, 1.807) is 29.2 Å². The molecule has 8 heteroatoms. The first kappa shape index (κ1) is 34.7. The van der Waals surface area contributed by atoms with E-state index in [1.165, 1.54) is 5.56 Å². The number of carboxylic acid groups (broad SMARTS) is 1. The highest BCUT2D eigenvalue weighted by atomic mass is 16.5. The molecule has 1 aliphatic carbocycles. The Kier molecular flexibility index (Phi) is 10.6. The zero-order chi connectivity index (χ0) is 35.3. The van der Waals surface area contributed by atoms with Crippen LogP contribution in [0.2, 0.25) is 0 Å². The average molecular weight is 675 g/mol. The highest BCUT2D eigenvalue weighted by molar-refractivity contribution is 5.91. The number of hydrogen-bond donors (Lipinski definition) is 2. The van der Waals surface area contributed by atoms with E-state index < -0.39 is 24.0 Å². The van der Waals surface area contributed by atoms with Gasteiger partial charge in [0.2, 0.25) is 11.8 Å². The Bertz CT molecular complexity index is 1790. The van der Waals surface area contributed by atoms with E-state index in [2.05, 4.69) is 38.2 Å². The molecule has 0 bridgehead atoms. The molecule has 0 spiro atoms. The van der Waals surface area contributed by atoms with Gasteiger partial charge in [-0.15, -0.1) is 0 Å². The Hall–Kier alpha value is -5.11. The number of hydrogen-bond acceptors (Lipinski definition) is 5. The summed E-state index contributed by atoms with van der Waals surface area (Å²) in [5, 5.41) is 12.9. The van der Waals surface area contributed by atoms with Gasteiger partial charge in [0.1, 0.15) is 35.1 Å². The minimum absolute atomic E-state index is 0.0375. The number of aliphatic carboxylic acids is 1. The molecule has 50 heavy (non-hydrogen) atoms. The van der Waals surface area contributed by atoms with Gasteiger partial charge in [0.25, 0.3) is 0 Å². The Labute approximate surface area is 294 Å². The van der Waals surface area contributed by atoms with E-state index in [4.69, 9.17) is 9.47 Å². The maximum absolute atomic E-state index is 13.9. The van der Waals surface area contributed by atoms with E-state index in [-0.39, 0.29) is 30.7 Å². The minimum Gasteiger partial charge on any atom is -0.480 e. The van der Waals surface area contributed by atoms with E-state index in [0.29, 0.717) is 29.6 Å². The zero-order valence-electron chi connectivity index (χ0n) is 29.1. The van der Waals surface area contributed by atoms with E-state index in [1.807, 2.05) is 60.7 Å². The molecule has 0 radical (unpaired) electrons. The maximum Gasteiger partial charge on any atom is 0.326 e. The highest BCUT2D eigenvalue weighted by Crippen LogP contribution is 2.34. The van der Waals surface area contributed by atoms with E-state index in [9.17, 15) is 19.5 Å². The number of ether oxygens (including phenoxy) is 2. The second-order valence-electron chi connectivity index (χ2n) is 14.6. The van der Waals surface area contributed by atoms with Crippen LogP contribution < -0.4 is 14.8 Å². The molecule has 0 unspecified atom stereocenters. The van der Waals surface area contributed by atoms with Crippen LogP contribution in [0, 0.1) is 5.92 Å². The number of nitrogens with one attached hydrogen (secondary N) is 1. The second-order valence-corrected chi connectivity index (χ2v) is 14.6. The third-order valence-electron chi connectivity index (χ3n) is 9.78. The largest absolute Gasteiger partial charge is 0.480 e. The van der Waals surface area contributed by atoms with Crippen molar-refractivity contribution in [1.82, 2.24) is 10.2 Å². The quantitative estimate of drug-likeness (QED) is 0.166. The summed E-state index contributed by atoms with van der Waals surface area (Å²) in [6.07, 6.45) is 5.00. The first-order valence-electron chi connectivity index (χ1n) is 17.6. The van der Waals surface area contributed by atoms with Gasteiger partial charge in [-0.25, -0.2) is 4.79 Å². The van der Waals surface area contributed by atoms with Gasteiger partial charge >= 0.3 is 5.97 Å². The summed E-state index contributed by atoms with van der Waals surface area (Å²) in [7, 11) is 0. The van der Waals surface area contributed by atoms with Gasteiger partial charge in [-0.05, 0) is 95.0 Å². The number of fused-ring (bicyclic) bond motifs is 1. The second kappa shape index (κ2) is 15.2. The molecule has 6 rings (SSSR count). The van der Waals surface area contributed by atoms with Gasteiger partial charge in [-0.1, -0.05) is 82.1 Å². The summed E-state index contributed by atoms with van der Waals surface area (Å²) < 4.78 is 12.1. The van der Waals surface area contributed by atoms with Crippen molar-refractivity contribution in [2.75, 3.05) is 0 Å². The first-order valence-corrected chi connectivity index (χ1v) is 17.6. The van der Waals surface area contributed by atoms with Crippen LogP contribution in [-0.4, -0.2) is 39.9 Å². The molecule has 4 aromatic rings. The van der Waals surface area contributed by atoms with Crippen LogP contribution in [0.15, 0.2) is 97.1 Å². The van der Waals surface area contributed by atoms with Gasteiger partial charge in [-0.3, -0.25) is 9.59 Å². The van der Waals surface area contributed by atoms with Crippen molar-refractivity contribution in [2.45, 2.75) is 89.8 Å². The number of benzene rings is 4. The maximum atomic E-state index is 13.9. The molecule has 2 aliphatic rings. The summed E-state index contributed by atoms with van der Waals surface area (Å²) in [5.41, 5.74) is 3.85. The van der Waals surface area contributed by atoms with Crippen molar-refractivity contribution >= 4 is 17.8 Å². The lowest BCUT2D eigenvalue weighted by Gasteiger charge is -2.37. The number of carbonyl (C=O) groups is 3. The lowest BCUT2D eigenvalue weighted by molar-refractivity contribution is -0.145. The van der Waals surface area contributed by atoms with Crippen LogP contribution in [-0.2, 0) is 39.2 Å². The number of carbonyl (C=O) groups excluding carboxylic acids is 2. The van der Waals surface area contributed by atoms with Crippen molar-refractivity contribution < 1.29 is 29.0 Å². The van der Waals surface area contributed by atoms with Crippen molar-refractivity contribution in [3.63, 3.8) is 0 Å². The summed E-state index contributed by atoms with van der Waals surface area (Å²) in [5.74, 6) is 1.33. The molecule has 1 heterocycles. The van der Waals surface area contributed by atoms with E-state index >= 15 is 0 Å². The van der Waals surface area contributed by atoms with Crippen molar-refractivity contribution in [1.29, 1.82) is 0 Å². The number of nitrogens with zero attached hydrogens (tertiary/aromatic N) is 1. The summed E-state index contributed by atoms with van der Waals surface area (Å²) in [6, 6.07) is 28.4. The molecule has 1 saturated carbocycles. The molecule has 2 atom stereocenters. The predicted octanol–water partition coefficient (Wildman–Crippen LogP) is 8.21. The minimum atomic E-state index is -1.17. The van der Waals surface area contributed by atoms with Crippen molar-refractivity contribution in [2.24, 2.45) is 5.92 Å². The Morgan fingerprint density at radius 2 is 1.40 bits per heavy atom. The molecule has 8 nitrogen and oxygen atoms in total. The van der Waals surface area contributed by atoms with Gasteiger partial charge < -0.3 is 24.8 Å². The van der Waals surface area contributed by atoms with Crippen LogP contribution in [0.1, 0.15) is 75.1 Å². The van der Waals surface area contributed by atoms with Crippen LogP contribution in [0.4, 0.5) is 0 Å². The third kappa shape index (κ3) is 8.72. The first-order chi connectivity index (χ1) is 24.0. The van der Waals surface area contributed by atoms with Crippen molar-refractivity contribution in [3.05, 3.63) is 119 Å². The molecule has 1 aliphatic heterocycles. The summed E-state index contributed by atoms with van der Waals surface area (Å²) in [6.45, 7) is 6.76. The van der Waals surface area contributed by atoms with Gasteiger partial charge in [0.05, 0.1) is 0 Å². The van der Waals surface area contributed by atoms with Crippen molar-refractivity contribution in [3.8, 4) is 23.0 Å². The number of para-hydroxylation sites is 1. The topological polar surface area (TPSA) is 105 Å². The third-order valence-corrected chi connectivity index (χ3v) is 9.78.